The summed E-state index contributed by atoms with van der Waals surface area (Å²) in [6.07, 6.45) is 1.62. The van der Waals surface area contributed by atoms with Gasteiger partial charge in [-0.1, -0.05) is 36.1 Å². The zero-order chi connectivity index (χ0) is 23.0. The topological polar surface area (TPSA) is 85.8 Å². The second kappa shape index (κ2) is 8.60. The number of ether oxygens (including phenoxy) is 1. The zero-order valence-corrected chi connectivity index (χ0v) is 19.1. The lowest BCUT2D eigenvalue weighted by atomic mass is 10.0. The van der Waals surface area contributed by atoms with E-state index < -0.39 is 4.92 Å². The molecule has 0 N–H and O–H groups in total. The number of benzene rings is 2. The smallest absolute Gasteiger partial charge is 0.273 e. The zero-order valence-electron chi connectivity index (χ0n) is 17.4. The Labute approximate surface area is 193 Å². The van der Waals surface area contributed by atoms with Crippen molar-refractivity contribution in [1.29, 1.82) is 0 Å². The molecule has 3 aromatic rings. The highest BCUT2D eigenvalue weighted by atomic mass is 32.2. The van der Waals surface area contributed by atoms with E-state index in [-0.39, 0.29) is 11.6 Å². The number of carbonyl (C=O) groups excluding carboxylic acids is 1. The van der Waals surface area contributed by atoms with Crippen LogP contribution in [0.5, 0.6) is 5.75 Å². The van der Waals surface area contributed by atoms with Gasteiger partial charge in [0.25, 0.3) is 11.6 Å². The van der Waals surface area contributed by atoms with Crippen LogP contribution in [-0.2, 0) is 4.79 Å². The maximum Gasteiger partial charge on any atom is 0.273 e. The minimum absolute atomic E-state index is 0.0376. The van der Waals surface area contributed by atoms with Crippen LogP contribution < -0.4 is 9.64 Å². The molecule has 0 saturated carbocycles. The molecule has 0 bridgehead atoms. The summed E-state index contributed by atoms with van der Waals surface area (Å²) in [5.74, 6) is 1.19. The third-order valence-corrected chi connectivity index (χ3v) is 6.44. The second-order valence-corrected chi connectivity index (χ2v) is 8.76. The highest BCUT2D eigenvalue weighted by molar-refractivity contribution is 8.27. The average molecular weight is 467 g/mol. The first-order chi connectivity index (χ1) is 15.3. The van der Waals surface area contributed by atoms with Crippen molar-refractivity contribution in [3.8, 4) is 17.1 Å². The van der Waals surface area contributed by atoms with Crippen LogP contribution in [0.25, 0.3) is 17.4 Å². The molecule has 1 aromatic heterocycles. The van der Waals surface area contributed by atoms with Crippen molar-refractivity contribution in [3.63, 3.8) is 0 Å². The largest absolute Gasteiger partial charge is 0.495 e. The number of carbonyl (C=O) groups is 1. The van der Waals surface area contributed by atoms with Crippen molar-refractivity contribution in [2.45, 2.75) is 13.8 Å². The maximum atomic E-state index is 13.0. The lowest BCUT2D eigenvalue weighted by Gasteiger charge is -2.17. The van der Waals surface area contributed by atoms with Crippen molar-refractivity contribution >= 4 is 51.7 Å². The molecule has 2 heterocycles. The fourth-order valence-corrected chi connectivity index (χ4v) is 4.64. The molecule has 1 amide bonds. The summed E-state index contributed by atoms with van der Waals surface area (Å²) in [5.41, 5.74) is 2.62. The Morgan fingerprint density at radius 2 is 1.94 bits per heavy atom. The molecular formula is C23H18N2O5S2. The summed E-state index contributed by atoms with van der Waals surface area (Å²) < 4.78 is 11.6. The number of hydrogen-bond donors (Lipinski definition) is 0. The molecule has 9 heteroatoms. The first kappa shape index (κ1) is 21.8. The summed E-state index contributed by atoms with van der Waals surface area (Å²) in [4.78, 5) is 25.8. The highest BCUT2D eigenvalue weighted by Crippen LogP contribution is 2.40. The molecule has 7 nitrogen and oxygen atoms in total. The molecule has 2 aromatic carbocycles. The lowest BCUT2D eigenvalue weighted by molar-refractivity contribution is -0.385. The molecule has 4 rings (SSSR count). The number of nitro groups is 1. The van der Waals surface area contributed by atoms with Crippen LogP contribution in [0.3, 0.4) is 0 Å². The summed E-state index contributed by atoms with van der Waals surface area (Å²) >= 11 is 6.60. The van der Waals surface area contributed by atoms with Crippen LogP contribution in [-0.4, -0.2) is 22.3 Å². The van der Waals surface area contributed by atoms with Crippen molar-refractivity contribution in [2.75, 3.05) is 12.0 Å². The van der Waals surface area contributed by atoms with Crippen LogP contribution in [0.4, 0.5) is 11.4 Å². The van der Waals surface area contributed by atoms with E-state index in [2.05, 4.69) is 0 Å². The number of hydrogen-bond acceptors (Lipinski definition) is 7. The molecule has 32 heavy (non-hydrogen) atoms. The van der Waals surface area contributed by atoms with E-state index in [9.17, 15) is 14.9 Å². The van der Waals surface area contributed by atoms with E-state index in [1.165, 1.54) is 29.8 Å². The number of nitro benzene ring substituents is 1. The van der Waals surface area contributed by atoms with Crippen LogP contribution in [0.1, 0.15) is 16.9 Å². The van der Waals surface area contributed by atoms with E-state index in [4.69, 9.17) is 21.4 Å². The van der Waals surface area contributed by atoms with Crippen molar-refractivity contribution in [1.82, 2.24) is 0 Å². The van der Waals surface area contributed by atoms with Gasteiger partial charge in [-0.15, -0.1) is 0 Å². The van der Waals surface area contributed by atoms with Gasteiger partial charge in [0, 0.05) is 23.3 Å². The number of methoxy groups -OCH3 is 1. The Kier molecular flexibility index (Phi) is 5.86. The normalized spacial score (nSPS) is 15.0. The number of para-hydroxylation sites is 2. The van der Waals surface area contributed by atoms with Gasteiger partial charge in [0.1, 0.15) is 17.3 Å². The molecule has 1 aliphatic heterocycles. The molecule has 0 aliphatic carbocycles. The number of nitrogens with zero attached hydrogens (tertiary/aromatic N) is 2. The van der Waals surface area contributed by atoms with Crippen molar-refractivity contribution < 1.29 is 18.9 Å². The van der Waals surface area contributed by atoms with Gasteiger partial charge in [0.2, 0.25) is 0 Å². The standard InChI is InChI=1S/C23H18N2O5S2/c1-13-10-15(11-18(14(13)2)25(27)28)19-9-8-16(30-19)12-21-22(26)24(23(31)32-21)17-6-4-5-7-20(17)29-3/h4-12H,1-3H3/b21-12+. The first-order valence-corrected chi connectivity index (χ1v) is 10.8. The minimum Gasteiger partial charge on any atom is -0.495 e. The van der Waals surface area contributed by atoms with E-state index in [0.717, 1.165) is 5.56 Å². The van der Waals surface area contributed by atoms with E-state index in [0.29, 0.717) is 43.3 Å². The summed E-state index contributed by atoms with van der Waals surface area (Å²) in [6.45, 7) is 3.54. The number of rotatable bonds is 5. The SMILES string of the molecule is COc1ccccc1N1C(=O)/C(=C\c2ccc(-c3cc(C)c(C)c([N+](=O)[O-])c3)o2)SC1=S. The molecule has 0 unspecified atom stereocenters. The number of furan rings is 1. The van der Waals surface area contributed by atoms with Gasteiger partial charge in [0.15, 0.2) is 4.32 Å². The van der Waals surface area contributed by atoms with Crippen molar-refractivity contribution in [2.24, 2.45) is 0 Å². The van der Waals surface area contributed by atoms with E-state index in [1.807, 2.05) is 25.1 Å². The van der Waals surface area contributed by atoms with Crippen LogP contribution in [0.2, 0.25) is 0 Å². The monoisotopic (exact) mass is 466 g/mol. The van der Waals surface area contributed by atoms with Crippen LogP contribution in [0, 0.1) is 24.0 Å². The fraction of sp³-hybridized carbons (Fsp3) is 0.130. The number of aryl methyl sites for hydroxylation is 1. The van der Waals surface area contributed by atoms with Gasteiger partial charge >= 0.3 is 0 Å². The van der Waals surface area contributed by atoms with E-state index >= 15 is 0 Å². The number of anilines is 1. The van der Waals surface area contributed by atoms with Crippen LogP contribution in [0.15, 0.2) is 57.9 Å². The summed E-state index contributed by atoms with van der Waals surface area (Å²) in [5, 5.41) is 11.4. The molecular weight excluding hydrogens is 448 g/mol. The third kappa shape index (κ3) is 3.92. The van der Waals surface area contributed by atoms with Gasteiger partial charge in [-0.3, -0.25) is 19.8 Å². The molecule has 0 radical (unpaired) electrons. The number of thiocarbonyl (C=S) groups is 1. The molecule has 0 spiro atoms. The average Bonchev–Trinajstić information content (AvgIpc) is 3.34. The fourth-order valence-electron chi connectivity index (χ4n) is 3.38. The van der Waals surface area contributed by atoms with E-state index in [1.54, 1.807) is 37.3 Å². The second-order valence-electron chi connectivity index (χ2n) is 7.09. The molecule has 1 aliphatic rings. The van der Waals surface area contributed by atoms with Crippen LogP contribution >= 0.6 is 24.0 Å². The summed E-state index contributed by atoms with van der Waals surface area (Å²) in [6, 6.07) is 13.9. The van der Waals surface area contributed by atoms with Gasteiger partial charge in [-0.05, 0) is 49.7 Å². The Bertz CT molecular complexity index is 1300. The van der Waals surface area contributed by atoms with Gasteiger partial charge in [-0.2, -0.15) is 0 Å². The molecule has 1 fully saturated rings. The highest BCUT2D eigenvalue weighted by Gasteiger charge is 2.35. The first-order valence-electron chi connectivity index (χ1n) is 9.57. The Hall–Kier alpha value is -3.43. The Balaban J connectivity index is 1.65. The molecule has 0 atom stereocenters. The molecule has 162 valence electrons. The Morgan fingerprint density at radius 1 is 1.19 bits per heavy atom. The van der Waals surface area contributed by atoms with Gasteiger partial charge < -0.3 is 9.15 Å². The summed E-state index contributed by atoms with van der Waals surface area (Å²) in [7, 11) is 1.54. The number of amides is 1. The van der Waals surface area contributed by atoms with Crippen molar-refractivity contribution in [3.05, 3.63) is 80.4 Å². The predicted molar refractivity (Wildman–Crippen MR) is 129 cm³/mol. The maximum absolute atomic E-state index is 13.0. The number of thioether (sulfide) groups is 1. The third-order valence-electron chi connectivity index (χ3n) is 5.14. The van der Waals surface area contributed by atoms with Gasteiger partial charge in [0.05, 0.1) is 22.6 Å². The quantitative estimate of drug-likeness (QED) is 0.201. The minimum atomic E-state index is -0.404. The molecule has 1 saturated heterocycles. The lowest BCUT2D eigenvalue weighted by Crippen LogP contribution is -2.27. The Morgan fingerprint density at radius 3 is 2.66 bits per heavy atom. The van der Waals surface area contributed by atoms with Gasteiger partial charge in [-0.25, -0.2) is 0 Å². The predicted octanol–water partition coefficient (Wildman–Crippen LogP) is 5.89.